The monoisotopic (exact) mass is 437 g/mol. The van der Waals surface area contributed by atoms with Gasteiger partial charge >= 0.3 is 0 Å². The molecule has 2 fully saturated rings. The van der Waals surface area contributed by atoms with E-state index in [1.54, 1.807) is 0 Å². The lowest BCUT2D eigenvalue weighted by atomic mass is 10.0. The third-order valence-corrected chi connectivity index (χ3v) is 5.25. The normalized spacial score (nSPS) is 24.9. The fraction of sp³-hybridized carbons (Fsp3) is 0.941. The Hall–Kier alpha value is -0.0800. The lowest BCUT2D eigenvalue weighted by molar-refractivity contribution is 0.197. The average Bonchev–Trinajstić information content (AvgIpc) is 3.16. The van der Waals surface area contributed by atoms with Gasteiger partial charge in [0.1, 0.15) is 0 Å². The second-order valence-corrected chi connectivity index (χ2v) is 7.09. The highest BCUT2D eigenvalue weighted by atomic mass is 127. The Labute approximate surface area is 159 Å². The Kier molecular flexibility index (Phi) is 9.77. The van der Waals surface area contributed by atoms with Crippen molar-refractivity contribution in [3.8, 4) is 0 Å². The number of guanidine groups is 1. The van der Waals surface area contributed by atoms with Crippen LogP contribution in [0.25, 0.3) is 0 Å². The van der Waals surface area contributed by atoms with Crippen LogP contribution in [0.15, 0.2) is 4.99 Å². The van der Waals surface area contributed by atoms with Crippen LogP contribution in [0.3, 0.4) is 0 Å². The number of nitrogens with zero attached hydrogens (tertiary/aromatic N) is 3. The number of hydrogen-bond acceptors (Lipinski definition) is 3. The summed E-state index contributed by atoms with van der Waals surface area (Å²) >= 11 is 0. The molecular formula is C17H36IN5. The van der Waals surface area contributed by atoms with Crippen LogP contribution in [0.4, 0.5) is 0 Å². The van der Waals surface area contributed by atoms with Crippen molar-refractivity contribution in [1.82, 2.24) is 15.1 Å². The highest BCUT2D eigenvalue weighted by molar-refractivity contribution is 14.0. The van der Waals surface area contributed by atoms with E-state index in [0.29, 0.717) is 24.0 Å². The Morgan fingerprint density at radius 3 is 2.52 bits per heavy atom. The molecule has 2 heterocycles. The summed E-state index contributed by atoms with van der Waals surface area (Å²) in [7, 11) is 0. The summed E-state index contributed by atoms with van der Waals surface area (Å²) in [6.07, 6.45) is 5.24. The Bertz CT molecular complexity index is 355. The quantitative estimate of drug-likeness (QED) is 0.364. The first-order valence-electron chi connectivity index (χ1n) is 9.13. The molecule has 23 heavy (non-hydrogen) atoms. The molecule has 0 aliphatic carbocycles. The highest BCUT2D eigenvalue weighted by Crippen LogP contribution is 2.18. The highest BCUT2D eigenvalue weighted by Gasteiger charge is 2.25. The van der Waals surface area contributed by atoms with E-state index in [1.807, 2.05) is 0 Å². The molecule has 3 N–H and O–H groups in total. The van der Waals surface area contributed by atoms with E-state index in [4.69, 9.17) is 5.73 Å². The maximum absolute atomic E-state index is 6.09. The molecular weight excluding hydrogens is 401 g/mol. The van der Waals surface area contributed by atoms with Gasteiger partial charge in [-0.2, -0.15) is 0 Å². The summed E-state index contributed by atoms with van der Waals surface area (Å²) in [4.78, 5) is 9.74. The van der Waals surface area contributed by atoms with Gasteiger partial charge < -0.3 is 11.1 Å². The van der Waals surface area contributed by atoms with Gasteiger partial charge in [0, 0.05) is 18.6 Å². The zero-order chi connectivity index (χ0) is 15.9. The van der Waals surface area contributed by atoms with E-state index in [-0.39, 0.29) is 24.0 Å². The Balaban J connectivity index is 0.00000264. The van der Waals surface area contributed by atoms with Gasteiger partial charge in [0.25, 0.3) is 0 Å². The molecule has 2 atom stereocenters. The molecule has 2 rings (SSSR count). The lowest BCUT2D eigenvalue weighted by Gasteiger charge is -2.29. The fourth-order valence-corrected chi connectivity index (χ4v) is 3.83. The second kappa shape index (κ2) is 10.7. The molecule has 2 aliphatic rings. The number of nitrogens with two attached hydrogens (primary N) is 1. The van der Waals surface area contributed by atoms with Gasteiger partial charge in [-0.1, -0.05) is 20.8 Å². The van der Waals surface area contributed by atoms with E-state index >= 15 is 0 Å². The van der Waals surface area contributed by atoms with Crippen LogP contribution in [0, 0.1) is 5.92 Å². The van der Waals surface area contributed by atoms with Gasteiger partial charge in [-0.25, -0.2) is 0 Å². The van der Waals surface area contributed by atoms with Crippen LogP contribution in [-0.2, 0) is 0 Å². The van der Waals surface area contributed by atoms with E-state index in [0.717, 1.165) is 19.6 Å². The van der Waals surface area contributed by atoms with E-state index in [2.05, 4.69) is 40.9 Å². The van der Waals surface area contributed by atoms with Gasteiger partial charge in [0.15, 0.2) is 5.96 Å². The van der Waals surface area contributed by atoms with Crippen LogP contribution in [0.2, 0.25) is 0 Å². The predicted molar refractivity (Wildman–Crippen MR) is 110 cm³/mol. The SMILES string of the molecule is CCN1CCCC1CNC(N)=NCC(C(C)C)N1CCCC1.I. The largest absolute Gasteiger partial charge is 0.370 e. The fourth-order valence-electron chi connectivity index (χ4n) is 3.83. The lowest BCUT2D eigenvalue weighted by Crippen LogP contribution is -2.44. The van der Waals surface area contributed by atoms with Crippen molar-refractivity contribution in [1.29, 1.82) is 0 Å². The van der Waals surface area contributed by atoms with Crippen LogP contribution in [0.1, 0.15) is 46.5 Å². The first kappa shape index (κ1) is 21.0. The third kappa shape index (κ3) is 6.38. The molecule has 2 saturated heterocycles. The molecule has 5 nitrogen and oxygen atoms in total. The molecule has 0 spiro atoms. The zero-order valence-corrected chi connectivity index (χ0v) is 17.5. The number of likely N-dealkylation sites (tertiary alicyclic amines) is 2. The standard InChI is InChI=1S/C17H35N5.HI/c1-4-21-11-7-8-15(21)12-19-17(18)20-13-16(14(2)3)22-9-5-6-10-22;/h14-16H,4-13H2,1-3H3,(H3,18,19,20);1H. The summed E-state index contributed by atoms with van der Waals surface area (Å²) in [6, 6.07) is 1.15. The van der Waals surface area contributed by atoms with Gasteiger partial charge in [-0.15, -0.1) is 24.0 Å². The van der Waals surface area contributed by atoms with Crippen LogP contribution >= 0.6 is 24.0 Å². The van der Waals surface area contributed by atoms with Crippen molar-refractivity contribution in [2.45, 2.75) is 58.5 Å². The third-order valence-electron chi connectivity index (χ3n) is 5.25. The molecule has 2 aliphatic heterocycles. The summed E-state index contributed by atoms with van der Waals surface area (Å²) < 4.78 is 0. The first-order chi connectivity index (χ1) is 10.6. The zero-order valence-electron chi connectivity index (χ0n) is 15.1. The molecule has 0 amide bonds. The van der Waals surface area contributed by atoms with Crippen LogP contribution in [0.5, 0.6) is 0 Å². The number of nitrogens with one attached hydrogen (secondary N) is 1. The number of rotatable bonds is 7. The molecule has 0 aromatic heterocycles. The van der Waals surface area contributed by atoms with Gasteiger partial charge in [0.2, 0.25) is 0 Å². The molecule has 0 aromatic carbocycles. The summed E-state index contributed by atoms with van der Waals surface area (Å²) in [5.74, 6) is 1.24. The first-order valence-corrected chi connectivity index (χ1v) is 9.13. The topological polar surface area (TPSA) is 56.9 Å². The van der Waals surface area contributed by atoms with Crippen molar-refractivity contribution in [3.63, 3.8) is 0 Å². The summed E-state index contributed by atoms with van der Waals surface area (Å²) in [5, 5.41) is 3.34. The van der Waals surface area contributed by atoms with Crippen molar-refractivity contribution < 1.29 is 0 Å². The smallest absolute Gasteiger partial charge is 0.188 e. The van der Waals surface area contributed by atoms with Crippen molar-refractivity contribution >= 4 is 29.9 Å². The summed E-state index contributed by atoms with van der Waals surface area (Å²) in [6.45, 7) is 13.4. The molecule has 2 unspecified atom stereocenters. The van der Waals surface area contributed by atoms with Crippen molar-refractivity contribution in [2.24, 2.45) is 16.6 Å². The van der Waals surface area contributed by atoms with Gasteiger partial charge in [0.05, 0.1) is 6.54 Å². The minimum atomic E-state index is 0. The molecule has 0 aromatic rings. The molecule has 0 saturated carbocycles. The maximum Gasteiger partial charge on any atom is 0.188 e. The number of hydrogen-bond donors (Lipinski definition) is 2. The molecule has 136 valence electrons. The molecule has 6 heteroatoms. The van der Waals surface area contributed by atoms with E-state index in [9.17, 15) is 0 Å². The molecule has 0 bridgehead atoms. The van der Waals surface area contributed by atoms with Gasteiger partial charge in [-0.05, 0) is 57.8 Å². The Morgan fingerprint density at radius 2 is 1.91 bits per heavy atom. The van der Waals surface area contributed by atoms with Crippen molar-refractivity contribution in [2.75, 3.05) is 39.3 Å². The van der Waals surface area contributed by atoms with E-state index < -0.39 is 0 Å². The van der Waals surface area contributed by atoms with E-state index in [1.165, 1.54) is 45.3 Å². The maximum atomic E-state index is 6.09. The molecule has 0 radical (unpaired) electrons. The van der Waals surface area contributed by atoms with Crippen molar-refractivity contribution in [3.05, 3.63) is 0 Å². The number of aliphatic imine (C=N–C) groups is 1. The average molecular weight is 437 g/mol. The van der Waals surface area contributed by atoms with Crippen LogP contribution in [-0.4, -0.2) is 67.1 Å². The summed E-state index contributed by atoms with van der Waals surface area (Å²) in [5.41, 5.74) is 6.09. The predicted octanol–water partition coefficient (Wildman–Crippen LogP) is 2.11. The minimum absolute atomic E-state index is 0. The Morgan fingerprint density at radius 1 is 1.22 bits per heavy atom. The van der Waals surface area contributed by atoms with Crippen LogP contribution < -0.4 is 11.1 Å². The second-order valence-electron chi connectivity index (χ2n) is 7.09. The van der Waals surface area contributed by atoms with Gasteiger partial charge in [-0.3, -0.25) is 14.8 Å². The minimum Gasteiger partial charge on any atom is -0.370 e. The number of halogens is 1. The number of likely N-dealkylation sites (N-methyl/N-ethyl adjacent to an activating group) is 1.